The highest BCUT2D eigenvalue weighted by molar-refractivity contribution is 7.91. The normalized spacial score (nSPS) is 19.7. The van der Waals surface area contributed by atoms with Crippen molar-refractivity contribution in [2.24, 2.45) is 5.41 Å². The molecule has 0 bridgehead atoms. The molecule has 30 heavy (non-hydrogen) atoms. The number of sulfone groups is 1. The molecule has 0 amide bonds. The smallest absolute Gasteiger partial charge is 0.179 e. The van der Waals surface area contributed by atoms with E-state index >= 15 is 0 Å². The molecule has 3 nitrogen and oxygen atoms in total. The van der Waals surface area contributed by atoms with Crippen LogP contribution in [0.5, 0.6) is 5.75 Å². The molecule has 0 saturated heterocycles. The Kier molecular flexibility index (Phi) is 7.22. The second-order valence-corrected chi connectivity index (χ2v) is 10.6. The van der Waals surface area contributed by atoms with E-state index in [4.69, 9.17) is 4.74 Å². The summed E-state index contributed by atoms with van der Waals surface area (Å²) in [4.78, 5) is 0.226. The zero-order chi connectivity index (χ0) is 21.8. The molecule has 0 saturated carbocycles. The van der Waals surface area contributed by atoms with Crippen LogP contribution in [-0.2, 0) is 9.84 Å². The molecule has 0 aromatic heterocycles. The Hall–Kier alpha value is -1.88. The summed E-state index contributed by atoms with van der Waals surface area (Å²) >= 11 is 0. The molecule has 1 aliphatic rings. The van der Waals surface area contributed by atoms with Crippen LogP contribution in [0, 0.1) is 11.2 Å². The second-order valence-electron chi connectivity index (χ2n) is 8.66. The maximum absolute atomic E-state index is 14.7. The fourth-order valence-corrected chi connectivity index (χ4v) is 7.11. The van der Waals surface area contributed by atoms with Gasteiger partial charge in [0.2, 0.25) is 0 Å². The van der Waals surface area contributed by atoms with E-state index in [9.17, 15) is 12.8 Å². The number of rotatable bonds is 8. The highest BCUT2D eigenvalue weighted by atomic mass is 32.2. The van der Waals surface area contributed by atoms with Crippen molar-refractivity contribution in [2.45, 2.75) is 69.6 Å². The SMILES string of the molecule is CCCCC1(CCCC)CC(c2ccccc2)c2cc(F)c(OC)cc2S(=O)(=O)C1. The van der Waals surface area contributed by atoms with Crippen LogP contribution in [0.3, 0.4) is 0 Å². The van der Waals surface area contributed by atoms with E-state index in [0.29, 0.717) is 5.56 Å². The van der Waals surface area contributed by atoms with E-state index in [1.54, 1.807) is 0 Å². The lowest BCUT2D eigenvalue weighted by Crippen LogP contribution is -2.30. The minimum absolute atomic E-state index is 0.0150. The second kappa shape index (κ2) is 9.51. The van der Waals surface area contributed by atoms with Crippen LogP contribution in [0.4, 0.5) is 4.39 Å². The molecule has 3 rings (SSSR count). The average Bonchev–Trinajstić information content (AvgIpc) is 2.83. The molecular weight excluding hydrogens is 399 g/mol. The topological polar surface area (TPSA) is 43.4 Å². The van der Waals surface area contributed by atoms with Gasteiger partial charge in [-0.1, -0.05) is 69.9 Å². The summed E-state index contributed by atoms with van der Waals surface area (Å²) in [5.41, 5.74) is 1.29. The van der Waals surface area contributed by atoms with E-state index in [-0.39, 0.29) is 27.7 Å². The van der Waals surface area contributed by atoms with Crippen molar-refractivity contribution < 1.29 is 17.5 Å². The Morgan fingerprint density at radius 1 is 1.07 bits per heavy atom. The first-order valence-electron chi connectivity index (χ1n) is 11.0. The van der Waals surface area contributed by atoms with Crippen LogP contribution in [-0.4, -0.2) is 21.3 Å². The van der Waals surface area contributed by atoms with Gasteiger partial charge in [-0.3, -0.25) is 0 Å². The number of hydrogen-bond donors (Lipinski definition) is 0. The number of benzene rings is 2. The lowest BCUT2D eigenvalue weighted by atomic mass is 9.70. The third-order valence-electron chi connectivity index (χ3n) is 6.45. The zero-order valence-corrected chi connectivity index (χ0v) is 19.1. The third kappa shape index (κ3) is 4.72. The first-order valence-corrected chi connectivity index (χ1v) is 12.7. The van der Waals surface area contributed by atoms with E-state index in [0.717, 1.165) is 50.5 Å². The Morgan fingerprint density at radius 3 is 2.27 bits per heavy atom. The van der Waals surface area contributed by atoms with Gasteiger partial charge in [-0.2, -0.15) is 0 Å². The maximum Gasteiger partial charge on any atom is 0.179 e. The molecule has 2 aromatic carbocycles. The van der Waals surface area contributed by atoms with Gasteiger partial charge in [0, 0.05) is 12.0 Å². The number of halogens is 1. The number of unbranched alkanes of at least 4 members (excludes halogenated alkanes) is 2. The summed E-state index contributed by atoms with van der Waals surface area (Å²) in [6, 6.07) is 12.7. The Labute approximate surface area is 180 Å². The molecule has 5 heteroatoms. The van der Waals surface area contributed by atoms with Gasteiger partial charge in [-0.15, -0.1) is 0 Å². The van der Waals surface area contributed by atoms with Gasteiger partial charge in [0.05, 0.1) is 17.8 Å². The zero-order valence-electron chi connectivity index (χ0n) is 18.3. The van der Waals surface area contributed by atoms with Gasteiger partial charge in [0.15, 0.2) is 21.4 Å². The lowest BCUT2D eigenvalue weighted by molar-refractivity contribution is 0.230. The first-order chi connectivity index (χ1) is 14.4. The molecular formula is C25H33FO3S. The quantitative estimate of drug-likeness (QED) is 0.447. The average molecular weight is 433 g/mol. The van der Waals surface area contributed by atoms with E-state index < -0.39 is 15.7 Å². The number of hydrogen-bond acceptors (Lipinski definition) is 3. The fourth-order valence-electron chi connectivity index (χ4n) is 4.89. The van der Waals surface area contributed by atoms with Gasteiger partial charge in [-0.25, -0.2) is 12.8 Å². The number of methoxy groups -OCH3 is 1. The maximum atomic E-state index is 14.7. The highest BCUT2D eigenvalue weighted by Crippen LogP contribution is 2.50. The molecule has 1 heterocycles. The Balaban J connectivity index is 2.23. The molecule has 0 fully saturated rings. The summed E-state index contributed by atoms with van der Waals surface area (Å²) in [6.07, 6.45) is 6.51. The molecule has 1 aliphatic heterocycles. The van der Waals surface area contributed by atoms with E-state index in [1.165, 1.54) is 19.2 Å². The van der Waals surface area contributed by atoms with Crippen LogP contribution in [0.2, 0.25) is 0 Å². The van der Waals surface area contributed by atoms with Crippen molar-refractivity contribution in [3.05, 3.63) is 59.4 Å². The Morgan fingerprint density at radius 2 is 1.70 bits per heavy atom. The summed E-state index contributed by atoms with van der Waals surface area (Å²) in [5.74, 6) is -0.571. The minimum Gasteiger partial charge on any atom is -0.494 e. The van der Waals surface area contributed by atoms with E-state index in [1.807, 2.05) is 30.3 Å². The van der Waals surface area contributed by atoms with Crippen LogP contribution >= 0.6 is 0 Å². The van der Waals surface area contributed by atoms with Gasteiger partial charge in [0.1, 0.15) is 0 Å². The predicted octanol–water partition coefficient (Wildman–Crippen LogP) is 6.51. The van der Waals surface area contributed by atoms with Crippen molar-refractivity contribution >= 4 is 9.84 Å². The van der Waals surface area contributed by atoms with Crippen LogP contribution in [0.25, 0.3) is 0 Å². The van der Waals surface area contributed by atoms with Crippen molar-refractivity contribution in [1.29, 1.82) is 0 Å². The monoisotopic (exact) mass is 432 g/mol. The fraction of sp³-hybridized carbons (Fsp3) is 0.520. The lowest BCUT2D eigenvalue weighted by Gasteiger charge is -2.35. The molecule has 1 unspecified atom stereocenters. The van der Waals surface area contributed by atoms with Crippen molar-refractivity contribution in [3.8, 4) is 5.75 Å². The summed E-state index contributed by atoms with van der Waals surface area (Å²) in [7, 11) is -2.21. The predicted molar refractivity (Wildman–Crippen MR) is 119 cm³/mol. The van der Waals surface area contributed by atoms with Gasteiger partial charge in [0.25, 0.3) is 0 Å². The van der Waals surface area contributed by atoms with Crippen LogP contribution in [0.1, 0.15) is 75.8 Å². The van der Waals surface area contributed by atoms with Gasteiger partial charge < -0.3 is 4.74 Å². The molecule has 2 aromatic rings. The highest BCUT2D eigenvalue weighted by Gasteiger charge is 2.43. The minimum atomic E-state index is -3.58. The standard InChI is InChI=1S/C25H33FO3S/c1-4-6-13-25(14-7-5-2)17-21(19-11-9-8-10-12-19)20-15-22(26)23(29-3)16-24(20)30(27,28)18-25/h8-12,15-16,21H,4-7,13-14,17-18H2,1-3H3. The number of ether oxygens (including phenoxy) is 1. The largest absolute Gasteiger partial charge is 0.494 e. The summed E-state index contributed by atoms with van der Waals surface area (Å²) in [5, 5.41) is 0. The van der Waals surface area contributed by atoms with Crippen molar-refractivity contribution in [3.63, 3.8) is 0 Å². The molecule has 0 spiro atoms. The first kappa shape index (κ1) is 22.8. The summed E-state index contributed by atoms with van der Waals surface area (Å²) in [6.45, 7) is 4.28. The molecule has 1 atom stereocenters. The molecule has 164 valence electrons. The molecule has 0 radical (unpaired) electrons. The molecule has 0 aliphatic carbocycles. The number of fused-ring (bicyclic) bond motifs is 1. The van der Waals surface area contributed by atoms with E-state index in [2.05, 4.69) is 13.8 Å². The van der Waals surface area contributed by atoms with Crippen molar-refractivity contribution in [2.75, 3.05) is 12.9 Å². The summed E-state index contributed by atoms with van der Waals surface area (Å²) < 4.78 is 47.1. The van der Waals surface area contributed by atoms with Crippen LogP contribution in [0.15, 0.2) is 47.4 Å². The van der Waals surface area contributed by atoms with Crippen molar-refractivity contribution in [1.82, 2.24) is 0 Å². The molecule has 0 N–H and O–H groups in total. The van der Waals surface area contributed by atoms with Gasteiger partial charge in [-0.05, 0) is 41.9 Å². The third-order valence-corrected chi connectivity index (χ3v) is 8.47. The van der Waals surface area contributed by atoms with Crippen LogP contribution < -0.4 is 4.74 Å². The Bertz CT molecular complexity index is 946. The van der Waals surface area contributed by atoms with Gasteiger partial charge >= 0.3 is 0 Å².